The maximum absolute atomic E-state index is 13.9. The summed E-state index contributed by atoms with van der Waals surface area (Å²) in [5, 5.41) is 3.16. The summed E-state index contributed by atoms with van der Waals surface area (Å²) in [5.74, 6) is -2.75. The zero-order valence-corrected chi connectivity index (χ0v) is 19.7. The molecular formula is C28H22F4N2O3. The Morgan fingerprint density at radius 1 is 0.973 bits per heavy atom. The Labute approximate surface area is 210 Å². The fourth-order valence-corrected chi connectivity index (χ4v) is 5.04. The van der Waals surface area contributed by atoms with Gasteiger partial charge in [-0.2, -0.15) is 13.2 Å². The summed E-state index contributed by atoms with van der Waals surface area (Å²) in [4.78, 5) is 27.2. The highest BCUT2D eigenvalue weighted by molar-refractivity contribution is 6.07. The predicted molar refractivity (Wildman–Crippen MR) is 130 cm³/mol. The number of ether oxygens (including phenoxy) is 1. The fraction of sp³-hybridized carbons (Fsp3) is 0.214. The summed E-state index contributed by atoms with van der Waals surface area (Å²) in [7, 11) is 1.54. The van der Waals surface area contributed by atoms with E-state index in [1.165, 1.54) is 31.4 Å². The number of alkyl halides is 3. The van der Waals surface area contributed by atoms with Gasteiger partial charge in [0.15, 0.2) is 5.78 Å². The number of carbonyl (C=O) groups is 2. The number of hydrogen-bond acceptors (Lipinski definition) is 4. The number of nitrogens with zero attached hydrogens (tertiary/aromatic N) is 1. The van der Waals surface area contributed by atoms with E-state index in [4.69, 9.17) is 4.74 Å². The van der Waals surface area contributed by atoms with Crippen LogP contribution in [-0.4, -0.2) is 25.0 Å². The number of halogens is 4. The van der Waals surface area contributed by atoms with E-state index in [1.807, 2.05) is 18.2 Å². The summed E-state index contributed by atoms with van der Waals surface area (Å²) in [6.07, 6.45) is -4.87. The number of allylic oxidation sites excluding steroid dienone is 1. The van der Waals surface area contributed by atoms with Crippen molar-refractivity contribution in [2.24, 2.45) is 0 Å². The van der Waals surface area contributed by atoms with Crippen LogP contribution in [0.15, 0.2) is 84.1 Å². The molecule has 1 heterocycles. The molecule has 1 N–H and O–H groups in total. The first-order valence-corrected chi connectivity index (χ1v) is 11.6. The molecule has 0 spiro atoms. The van der Waals surface area contributed by atoms with Crippen LogP contribution >= 0.6 is 0 Å². The van der Waals surface area contributed by atoms with Gasteiger partial charge in [-0.1, -0.05) is 36.4 Å². The molecule has 0 fully saturated rings. The molecule has 5 nitrogen and oxygen atoms in total. The Kier molecular flexibility index (Phi) is 6.23. The van der Waals surface area contributed by atoms with Crippen LogP contribution in [0.25, 0.3) is 0 Å². The predicted octanol–water partition coefficient (Wildman–Crippen LogP) is 6.30. The van der Waals surface area contributed by atoms with E-state index in [2.05, 4.69) is 5.32 Å². The van der Waals surface area contributed by atoms with Gasteiger partial charge in [0.2, 0.25) is 0 Å². The van der Waals surface area contributed by atoms with Gasteiger partial charge >= 0.3 is 12.1 Å². The van der Waals surface area contributed by atoms with E-state index in [0.29, 0.717) is 22.8 Å². The molecule has 0 radical (unpaired) electrons. The van der Waals surface area contributed by atoms with E-state index in [1.54, 1.807) is 18.2 Å². The van der Waals surface area contributed by atoms with Crippen molar-refractivity contribution in [3.8, 4) is 5.75 Å². The molecule has 2 aliphatic rings. The van der Waals surface area contributed by atoms with Gasteiger partial charge in [-0.05, 0) is 59.9 Å². The Balaban J connectivity index is 1.71. The lowest BCUT2D eigenvalue weighted by molar-refractivity contribution is -0.170. The number of benzene rings is 3. The number of rotatable bonds is 3. The second-order valence-corrected chi connectivity index (χ2v) is 8.97. The van der Waals surface area contributed by atoms with Crippen molar-refractivity contribution in [1.29, 1.82) is 0 Å². The Hall–Kier alpha value is -4.14. The molecule has 1 amide bonds. The number of amides is 1. The van der Waals surface area contributed by atoms with E-state index in [-0.39, 0.29) is 34.9 Å². The largest absolute Gasteiger partial charge is 0.497 e. The van der Waals surface area contributed by atoms with Crippen LogP contribution in [0.5, 0.6) is 5.75 Å². The maximum Gasteiger partial charge on any atom is 0.471 e. The van der Waals surface area contributed by atoms with Crippen molar-refractivity contribution in [3.63, 3.8) is 0 Å². The van der Waals surface area contributed by atoms with Crippen LogP contribution in [0, 0.1) is 5.82 Å². The van der Waals surface area contributed by atoms with Gasteiger partial charge < -0.3 is 10.1 Å². The third-order valence-corrected chi connectivity index (χ3v) is 6.70. The number of anilines is 2. The van der Waals surface area contributed by atoms with Gasteiger partial charge in [0, 0.05) is 17.7 Å². The normalized spacial score (nSPS) is 19.5. The van der Waals surface area contributed by atoms with Gasteiger partial charge in [0.1, 0.15) is 11.6 Å². The van der Waals surface area contributed by atoms with Crippen LogP contribution < -0.4 is 15.0 Å². The standard InChI is InChI=1S/C28H22F4N2O3/c1-37-20-6-4-5-17(13-20)18-14-22-25(24(35)15-18)26(16-9-11-19(29)12-10-16)34(27(36)28(30,31)32)23-8-3-2-7-21(23)33-22/h2-13,18,26,33H,14-15H2,1H3/t18-,26+/m1/s1. The molecular weight excluding hydrogens is 488 g/mol. The molecule has 37 heavy (non-hydrogen) atoms. The minimum Gasteiger partial charge on any atom is -0.497 e. The molecule has 3 aromatic rings. The molecule has 1 aliphatic heterocycles. The highest BCUT2D eigenvalue weighted by Gasteiger charge is 2.50. The fourth-order valence-electron chi connectivity index (χ4n) is 5.04. The number of carbonyl (C=O) groups excluding carboxylic acids is 2. The maximum atomic E-state index is 13.9. The van der Waals surface area contributed by atoms with Crippen molar-refractivity contribution in [2.45, 2.75) is 31.0 Å². The summed E-state index contributed by atoms with van der Waals surface area (Å²) >= 11 is 0. The second kappa shape index (κ2) is 9.38. The molecule has 0 aromatic heterocycles. The summed E-state index contributed by atoms with van der Waals surface area (Å²) in [6.45, 7) is 0. The lowest BCUT2D eigenvalue weighted by Crippen LogP contribution is -2.45. The topological polar surface area (TPSA) is 58.6 Å². The number of hydrogen-bond donors (Lipinski definition) is 1. The average molecular weight is 510 g/mol. The van der Waals surface area contributed by atoms with E-state index in [0.717, 1.165) is 17.7 Å². The van der Waals surface area contributed by atoms with Crippen molar-refractivity contribution in [1.82, 2.24) is 0 Å². The molecule has 190 valence electrons. The first-order valence-electron chi connectivity index (χ1n) is 11.6. The monoisotopic (exact) mass is 510 g/mol. The average Bonchev–Trinajstić information content (AvgIpc) is 3.02. The SMILES string of the molecule is COc1cccc([C@H]2CC(=O)C3=C(C2)Nc2ccccc2N(C(=O)C(F)(F)F)[C@H]3c2ccc(F)cc2)c1. The number of nitrogens with one attached hydrogen (secondary N) is 1. The zero-order valence-electron chi connectivity index (χ0n) is 19.7. The summed E-state index contributed by atoms with van der Waals surface area (Å²) in [5.41, 5.74) is 1.75. The van der Waals surface area contributed by atoms with Gasteiger partial charge in [0.05, 0.1) is 24.5 Å². The molecule has 9 heteroatoms. The van der Waals surface area contributed by atoms with Crippen LogP contribution in [-0.2, 0) is 9.59 Å². The molecule has 1 aliphatic carbocycles. The van der Waals surface area contributed by atoms with Crippen LogP contribution in [0.3, 0.4) is 0 Å². The summed E-state index contributed by atoms with van der Waals surface area (Å²) in [6, 6.07) is 16.8. The quantitative estimate of drug-likeness (QED) is 0.421. The molecule has 0 bridgehead atoms. The van der Waals surface area contributed by atoms with Gasteiger partial charge in [-0.25, -0.2) is 4.39 Å². The Morgan fingerprint density at radius 3 is 2.41 bits per heavy atom. The number of Topliss-reactive ketones (excluding diaryl/α,β-unsaturated/α-hetero) is 1. The lowest BCUT2D eigenvalue weighted by atomic mass is 9.78. The number of ketones is 1. The smallest absolute Gasteiger partial charge is 0.471 e. The van der Waals surface area contributed by atoms with Gasteiger partial charge in [-0.15, -0.1) is 0 Å². The minimum absolute atomic E-state index is 0.0236. The van der Waals surface area contributed by atoms with Crippen molar-refractivity contribution in [3.05, 3.63) is 101 Å². The van der Waals surface area contributed by atoms with Crippen LogP contribution in [0.2, 0.25) is 0 Å². The summed E-state index contributed by atoms with van der Waals surface area (Å²) < 4.78 is 60.8. The van der Waals surface area contributed by atoms with Crippen LogP contribution in [0.1, 0.15) is 35.9 Å². The number of fused-ring (bicyclic) bond motifs is 1. The van der Waals surface area contributed by atoms with Crippen LogP contribution in [0.4, 0.5) is 28.9 Å². The lowest BCUT2D eigenvalue weighted by Gasteiger charge is -2.35. The Morgan fingerprint density at radius 2 is 1.70 bits per heavy atom. The van der Waals surface area contributed by atoms with Crippen molar-refractivity contribution < 1.29 is 31.9 Å². The number of para-hydroxylation sites is 2. The molecule has 3 aromatic carbocycles. The van der Waals surface area contributed by atoms with Gasteiger partial charge in [-0.3, -0.25) is 14.5 Å². The molecule has 0 unspecified atom stereocenters. The third-order valence-electron chi connectivity index (χ3n) is 6.70. The Bertz CT molecular complexity index is 1400. The third kappa shape index (κ3) is 4.57. The number of methoxy groups -OCH3 is 1. The molecule has 5 rings (SSSR count). The highest BCUT2D eigenvalue weighted by Crippen LogP contribution is 2.48. The van der Waals surface area contributed by atoms with Crippen molar-refractivity contribution in [2.75, 3.05) is 17.3 Å². The first-order chi connectivity index (χ1) is 17.7. The van der Waals surface area contributed by atoms with Crippen molar-refractivity contribution >= 4 is 23.1 Å². The first kappa shape index (κ1) is 24.5. The minimum atomic E-state index is -5.21. The highest BCUT2D eigenvalue weighted by atomic mass is 19.4. The van der Waals surface area contributed by atoms with E-state index in [9.17, 15) is 27.2 Å². The van der Waals surface area contributed by atoms with Gasteiger partial charge in [0.25, 0.3) is 0 Å². The molecule has 2 atom stereocenters. The van der Waals surface area contributed by atoms with E-state index >= 15 is 0 Å². The molecule has 0 saturated carbocycles. The zero-order chi connectivity index (χ0) is 26.3. The van der Waals surface area contributed by atoms with E-state index < -0.39 is 29.7 Å². The molecule has 0 saturated heterocycles. The second-order valence-electron chi connectivity index (χ2n) is 8.97.